The fourth-order valence-corrected chi connectivity index (χ4v) is 2.00. The first-order valence-corrected chi connectivity index (χ1v) is 5.09. The summed E-state index contributed by atoms with van der Waals surface area (Å²) in [7, 11) is 1.47. The molecule has 1 aliphatic rings. The van der Waals surface area contributed by atoms with Gasteiger partial charge in [-0.1, -0.05) is 6.07 Å². The molecule has 1 aromatic rings. The van der Waals surface area contributed by atoms with Crippen LogP contribution in [0.4, 0.5) is 0 Å². The van der Waals surface area contributed by atoms with Gasteiger partial charge in [-0.2, -0.15) is 0 Å². The van der Waals surface area contributed by atoms with E-state index in [4.69, 9.17) is 9.84 Å². The van der Waals surface area contributed by atoms with Gasteiger partial charge >= 0.3 is 5.97 Å². The second-order valence-electron chi connectivity index (χ2n) is 4.41. The lowest BCUT2D eigenvalue weighted by Crippen LogP contribution is -2.12. The van der Waals surface area contributed by atoms with Crippen LogP contribution < -0.4 is 4.74 Å². The first-order valence-electron chi connectivity index (χ1n) is 5.09. The minimum atomic E-state index is -0.774. The maximum atomic E-state index is 11.0. The van der Waals surface area contributed by atoms with Gasteiger partial charge in [-0.3, -0.25) is 4.79 Å². The molecular formula is C12H14O4. The van der Waals surface area contributed by atoms with Crippen LogP contribution in [0, 0.1) is 5.41 Å². The minimum absolute atomic E-state index is 0.0134. The number of rotatable bonds is 3. The van der Waals surface area contributed by atoms with Gasteiger partial charge in [0.1, 0.15) is 0 Å². The van der Waals surface area contributed by atoms with E-state index in [0.29, 0.717) is 12.2 Å². The summed E-state index contributed by atoms with van der Waals surface area (Å²) in [5.74, 6) is -0.301. The SMILES string of the molecule is COc1cc(C2CC2(C)C(=O)O)ccc1O. The van der Waals surface area contributed by atoms with E-state index in [-0.39, 0.29) is 11.7 Å². The van der Waals surface area contributed by atoms with Crippen molar-refractivity contribution >= 4 is 5.97 Å². The van der Waals surface area contributed by atoms with Gasteiger partial charge in [-0.25, -0.2) is 0 Å². The average molecular weight is 222 g/mol. The Morgan fingerprint density at radius 3 is 2.75 bits per heavy atom. The molecule has 0 aliphatic heterocycles. The second-order valence-corrected chi connectivity index (χ2v) is 4.41. The molecule has 2 N–H and O–H groups in total. The van der Waals surface area contributed by atoms with E-state index in [1.807, 2.05) is 0 Å². The second kappa shape index (κ2) is 3.40. The molecule has 4 nitrogen and oxygen atoms in total. The zero-order valence-corrected chi connectivity index (χ0v) is 9.23. The normalized spacial score (nSPS) is 27.5. The molecule has 2 unspecified atom stereocenters. The lowest BCUT2D eigenvalue weighted by Gasteiger charge is -2.08. The van der Waals surface area contributed by atoms with Crippen molar-refractivity contribution in [1.82, 2.24) is 0 Å². The van der Waals surface area contributed by atoms with Crippen molar-refractivity contribution in [3.8, 4) is 11.5 Å². The molecule has 86 valence electrons. The number of phenolic OH excluding ortho intramolecular Hbond substituents is 1. The molecule has 16 heavy (non-hydrogen) atoms. The van der Waals surface area contributed by atoms with E-state index in [2.05, 4.69) is 0 Å². The van der Waals surface area contributed by atoms with E-state index in [1.54, 1.807) is 19.1 Å². The molecule has 4 heteroatoms. The minimum Gasteiger partial charge on any atom is -0.504 e. The van der Waals surface area contributed by atoms with Gasteiger partial charge in [0.25, 0.3) is 0 Å². The van der Waals surface area contributed by atoms with Gasteiger partial charge in [0, 0.05) is 5.92 Å². The Morgan fingerprint density at radius 1 is 1.56 bits per heavy atom. The Labute approximate surface area is 93.5 Å². The van der Waals surface area contributed by atoms with Crippen molar-refractivity contribution in [2.45, 2.75) is 19.3 Å². The van der Waals surface area contributed by atoms with Gasteiger partial charge in [-0.15, -0.1) is 0 Å². The van der Waals surface area contributed by atoms with E-state index >= 15 is 0 Å². The molecular weight excluding hydrogens is 208 g/mol. The van der Waals surface area contributed by atoms with E-state index in [0.717, 1.165) is 5.56 Å². The van der Waals surface area contributed by atoms with Gasteiger partial charge in [0.05, 0.1) is 12.5 Å². The third-order valence-electron chi connectivity index (χ3n) is 3.33. The molecule has 0 saturated heterocycles. The van der Waals surface area contributed by atoms with Crippen LogP contribution in [0.2, 0.25) is 0 Å². The van der Waals surface area contributed by atoms with Gasteiger partial charge in [0.15, 0.2) is 11.5 Å². The highest BCUT2D eigenvalue weighted by molar-refractivity contribution is 5.80. The van der Waals surface area contributed by atoms with E-state index in [1.165, 1.54) is 13.2 Å². The number of aliphatic carboxylic acids is 1. The van der Waals surface area contributed by atoms with Crippen LogP contribution in [0.3, 0.4) is 0 Å². The molecule has 0 heterocycles. The Hall–Kier alpha value is -1.71. The molecule has 1 aliphatic carbocycles. The fourth-order valence-electron chi connectivity index (χ4n) is 2.00. The van der Waals surface area contributed by atoms with Crippen LogP contribution in [0.5, 0.6) is 11.5 Å². The predicted octanol–water partition coefficient (Wildman–Crippen LogP) is 1.98. The summed E-state index contributed by atoms with van der Waals surface area (Å²) in [6.45, 7) is 1.74. The number of hydrogen-bond donors (Lipinski definition) is 2. The highest BCUT2D eigenvalue weighted by Crippen LogP contribution is 2.59. The third-order valence-corrected chi connectivity index (χ3v) is 3.33. The van der Waals surface area contributed by atoms with Crippen LogP contribution in [-0.2, 0) is 4.79 Å². The molecule has 0 radical (unpaired) electrons. The summed E-state index contributed by atoms with van der Waals surface area (Å²) in [5.41, 5.74) is 0.238. The number of carboxylic acids is 1. The number of carbonyl (C=O) groups is 1. The quantitative estimate of drug-likeness (QED) is 0.820. The number of carboxylic acid groups (broad SMARTS) is 1. The monoisotopic (exact) mass is 222 g/mol. The number of phenols is 1. The topological polar surface area (TPSA) is 66.8 Å². The van der Waals surface area contributed by atoms with E-state index in [9.17, 15) is 9.90 Å². The Morgan fingerprint density at radius 2 is 2.25 bits per heavy atom. The van der Waals surface area contributed by atoms with Crippen LogP contribution in [0.15, 0.2) is 18.2 Å². The Kier molecular flexibility index (Phi) is 2.30. The highest BCUT2D eigenvalue weighted by atomic mass is 16.5. The van der Waals surface area contributed by atoms with Crippen molar-refractivity contribution in [2.24, 2.45) is 5.41 Å². The number of aromatic hydroxyl groups is 1. The molecule has 1 fully saturated rings. The number of benzene rings is 1. The first-order chi connectivity index (χ1) is 7.49. The lowest BCUT2D eigenvalue weighted by molar-refractivity contribution is -0.142. The summed E-state index contributed by atoms with van der Waals surface area (Å²) in [4.78, 5) is 11.0. The van der Waals surface area contributed by atoms with Crippen molar-refractivity contribution in [1.29, 1.82) is 0 Å². The first kappa shape index (κ1) is 10.8. The number of hydrogen-bond acceptors (Lipinski definition) is 3. The molecule has 2 atom stereocenters. The van der Waals surface area contributed by atoms with Crippen LogP contribution >= 0.6 is 0 Å². The summed E-state index contributed by atoms with van der Waals surface area (Å²) in [6, 6.07) is 4.99. The molecule has 0 aromatic heterocycles. The zero-order chi connectivity index (χ0) is 11.9. The molecule has 0 bridgehead atoms. The smallest absolute Gasteiger partial charge is 0.309 e. The molecule has 1 saturated carbocycles. The highest BCUT2D eigenvalue weighted by Gasteiger charge is 2.57. The van der Waals surface area contributed by atoms with Crippen molar-refractivity contribution in [2.75, 3.05) is 7.11 Å². The average Bonchev–Trinajstić information content (AvgIpc) is 2.93. The van der Waals surface area contributed by atoms with Crippen LogP contribution in [-0.4, -0.2) is 23.3 Å². The number of ether oxygens (including phenoxy) is 1. The fraction of sp³-hybridized carbons (Fsp3) is 0.417. The summed E-state index contributed by atoms with van der Waals surface area (Å²) >= 11 is 0. The molecule has 0 spiro atoms. The van der Waals surface area contributed by atoms with E-state index < -0.39 is 11.4 Å². The Bertz CT molecular complexity index is 441. The van der Waals surface area contributed by atoms with Crippen molar-refractivity contribution in [3.63, 3.8) is 0 Å². The van der Waals surface area contributed by atoms with Gasteiger partial charge in [0.2, 0.25) is 0 Å². The summed E-state index contributed by atoms with van der Waals surface area (Å²) in [5, 5.41) is 18.5. The van der Waals surface area contributed by atoms with Gasteiger partial charge < -0.3 is 14.9 Å². The summed E-state index contributed by atoms with van der Waals surface area (Å²) in [6.07, 6.45) is 0.635. The van der Waals surface area contributed by atoms with Crippen LogP contribution in [0.1, 0.15) is 24.8 Å². The van der Waals surface area contributed by atoms with Gasteiger partial charge in [-0.05, 0) is 31.0 Å². The lowest BCUT2D eigenvalue weighted by atomic mass is 10.0. The zero-order valence-electron chi connectivity index (χ0n) is 9.23. The molecule has 1 aromatic carbocycles. The maximum absolute atomic E-state index is 11.0. The molecule has 2 rings (SSSR count). The van der Waals surface area contributed by atoms with Crippen molar-refractivity contribution in [3.05, 3.63) is 23.8 Å². The number of methoxy groups -OCH3 is 1. The predicted molar refractivity (Wildman–Crippen MR) is 57.8 cm³/mol. The van der Waals surface area contributed by atoms with Crippen molar-refractivity contribution < 1.29 is 19.7 Å². The summed E-state index contributed by atoms with van der Waals surface area (Å²) < 4.78 is 4.99. The molecule has 0 amide bonds. The largest absolute Gasteiger partial charge is 0.504 e. The standard InChI is InChI=1S/C12H14O4/c1-12(11(14)15)6-8(12)7-3-4-9(13)10(5-7)16-2/h3-5,8,13H,6H2,1-2H3,(H,14,15). The third kappa shape index (κ3) is 1.50. The maximum Gasteiger partial charge on any atom is 0.309 e. The van der Waals surface area contributed by atoms with Crippen LogP contribution in [0.25, 0.3) is 0 Å². The Balaban J connectivity index is 2.28.